The number of fused-ring (bicyclic) bond motifs is 1. The first-order valence-electron chi connectivity index (χ1n) is 12.4. The summed E-state index contributed by atoms with van der Waals surface area (Å²) in [5, 5.41) is 15.2. The van der Waals surface area contributed by atoms with Crippen LogP contribution in [-0.2, 0) is 17.9 Å². The molecular weight excluding hydrogens is 498 g/mol. The lowest BCUT2D eigenvalue weighted by Gasteiger charge is -2.31. The fraction of sp³-hybridized carbons (Fsp3) is 0.167. The summed E-state index contributed by atoms with van der Waals surface area (Å²) in [6, 6.07) is 28.1. The van der Waals surface area contributed by atoms with Gasteiger partial charge in [0.25, 0.3) is 5.69 Å². The molecule has 1 aliphatic heterocycles. The van der Waals surface area contributed by atoms with Crippen LogP contribution in [0.15, 0.2) is 97.1 Å². The molecule has 9 heteroatoms. The zero-order chi connectivity index (χ0) is 27.2. The lowest BCUT2D eigenvalue weighted by atomic mass is 9.99. The number of nitro groups is 1. The highest BCUT2D eigenvalue weighted by molar-refractivity contribution is 5.96. The molecule has 198 valence electrons. The van der Waals surface area contributed by atoms with Gasteiger partial charge in [0.15, 0.2) is 11.5 Å². The molecule has 1 N–H and O–H groups in total. The summed E-state index contributed by atoms with van der Waals surface area (Å²) in [5.41, 5.74) is 2.44. The Kier molecular flexibility index (Phi) is 7.70. The van der Waals surface area contributed by atoms with E-state index in [1.54, 1.807) is 37.4 Å². The lowest BCUT2D eigenvalue weighted by molar-refractivity contribution is -0.386. The van der Waals surface area contributed by atoms with Crippen molar-refractivity contribution >= 4 is 17.3 Å². The van der Waals surface area contributed by atoms with Crippen LogP contribution in [0, 0.1) is 10.1 Å². The van der Waals surface area contributed by atoms with E-state index in [9.17, 15) is 14.9 Å². The van der Waals surface area contributed by atoms with E-state index >= 15 is 0 Å². The standard InChI is InChI=1S/C30H27N3O6/c1-37-24-14-12-23(13-15-24)31-30(34)29(25-16-27-28(39-20-38-27)17-26(25)33(35)36)32(18-21-8-4-2-5-9-21)19-22-10-6-3-7-11-22/h2-17,29H,18-20H2,1H3,(H,31,34)/t29-/m0/s1. The van der Waals surface area contributed by atoms with Gasteiger partial charge in [-0.05, 0) is 41.5 Å². The maximum Gasteiger partial charge on any atom is 0.278 e. The molecule has 39 heavy (non-hydrogen) atoms. The Hall–Kier alpha value is -4.89. The molecule has 1 aliphatic rings. The summed E-state index contributed by atoms with van der Waals surface area (Å²) in [6.45, 7) is 0.681. The van der Waals surface area contributed by atoms with Gasteiger partial charge in [-0.25, -0.2) is 0 Å². The van der Waals surface area contributed by atoms with Crippen LogP contribution >= 0.6 is 0 Å². The van der Waals surface area contributed by atoms with E-state index in [2.05, 4.69) is 5.32 Å². The van der Waals surface area contributed by atoms with Gasteiger partial charge < -0.3 is 19.5 Å². The minimum atomic E-state index is -1.04. The van der Waals surface area contributed by atoms with Crippen molar-refractivity contribution in [3.8, 4) is 17.2 Å². The first-order chi connectivity index (χ1) is 19.0. The molecule has 5 rings (SSSR count). The number of nitrogens with zero attached hydrogens (tertiary/aromatic N) is 2. The van der Waals surface area contributed by atoms with E-state index in [0.717, 1.165) is 11.1 Å². The first-order valence-corrected chi connectivity index (χ1v) is 12.4. The van der Waals surface area contributed by atoms with Crippen molar-refractivity contribution in [2.75, 3.05) is 19.2 Å². The number of rotatable bonds is 10. The van der Waals surface area contributed by atoms with E-state index < -0.39 is 16.9 Å². The van der Waals surface area contributed by atoms with Gasteiger partial charge in [0.2, 0.25) is 12.7 Å². The molecule has 1 amide bonds. The monoisotopic (exact) mass is 525 g/mol. The molecular formula is C30H27N3O6. The molecule has 0 bridgehead atoms. The molecule has 0 unspecified atom stereocenters. The second-order valence-electron chi connectivity index (χ2n) is 9.02. The third-order valence-electron chi connectivity index (χ3n) is 6.44. The second-order valence-corrected chi connectivity index (χ2v) is 9.02. The van der Waals surface area contributed by atoms with Crippen molar-refractivity contribution in [1.82, 2.24) is 4.90 Å². The molecule has 1 heterocycles. The number of carbonyl (C=O) groups is 1. The third-order valence-corrected chi connectivity index (χ3v) is 6.44. The summed E-state index contributed by atoms with van der Waals surface area (Å²) >= 11 is 0. The van der Waals surface area contributed by atoms with Gasteiger partial charge in [-0.1, -0.05) is 60.7 Å². The number of hydrogen-bond donors (Lipinski definition) is 1. The van der Waals surface area contributed by atoms with Gasteiger partial charge in [-0.2, -0.15) is 0 Å². The normalized spacial score (nSPS) is 12.7. The minimum Gasteiger partial charge on any atom is -0.497 e. The second kappa shape index (κ2) is 11.7. The largest absolute Gasteiger partial charge is 0.497 e. The van der Waals surface area contributed by atoms with Crippen LogP contribution in [0.5, 0.6) is 17.2 Å². The fourth-order valence-corrected chi connectivity index (χ4v) is 4.59. The zero-order valence-corrected chi connectivity index (χ0v) is 21.3. The quantitative estimate of drug-likeness (QED) is 0.209. The van der Waals surface area contributed by atoms with Crippen LogP contribution < -0.4 is 19.5 Å². The number of amides is 1. The average Bonchev–Trinajstić information content (AvgIpc) is 3.42. The van der Waals surface area contributed by atoms with Crippen molar-refractivity contribution in [1.29, 1.82) is 0 Å². The van der Waals surface area contributed by atoms with Crippen molar-refractivity contribution in [2.24, 2.45) is 0 Å². The highest BCUT2D eigenvalue weighted by atomic mass is 16.7. The van der Waals surface area contributed by atoms with E-state index in [-0.39, 0.29) is 23.8 Å². The number of hydrogen-bond acceptors (Lipinski definition) is 7. The number of methoxy groups -OCH3 is 1. The van der Waals surface area contributed by atoms with Crippen LogP contribution in [0.1, 0.15) is 22.7 Å². The van der Waals surface area contributed by atoms with Crippen LogP contribution in [0.3, 0.4) is 0 Å². The van der Waals surface area contributed by atoms with Crippen LogP contribution in [0.4, 0.5) is 11.4 Å². The minimum absolute atomic E-state index is 0.0452. The van der Waals surface area contributed by atoms with Gasteiger partial charge >= 0.3 is 0 Å². The Labute approximate surface area is 225 Å². The molecule has 0 aromatic heterocycles. The predicted molar refractivity (Wildman–Crippen MR) is 146 cm³/mol. The maximum atomic E-state index is 14.1. The number of nitro benzene ring substituents is 1. The topological polar surface area (TPSA) is 103 Å². The van der Waals surface area contributed by atoms with Gasteiger partial charge in [0.1, 0.15) is 11.8 Å². The number of nitrogens with one attached hydrogen (secondary N) is 1. The number of ether oxygens (including phenoxy) is 3. The summed E-state index contributed by atoms with van der Waals surface area (Å²) in [6.07, 6.45) is 0. The van der Waals surface area contributed by atoms with Crippen molar-refractivity contribution in [3.05, 3.63) is 124 Å². The van der Waals surface area contributed by atoms with Gasteiger partial charge in [-0.3, -0.25) is 19.8 Å². The van der Waals surface area contributed by atoms with E-state index in [1.807, 2.05) is 65.6 Å². The molecule has 0 saturated heterocycles. The number of carbonyl (C=O) groups excluding carboxylic acids is 1. The van der Waals surface area contributed by atoms with Crippen molar-refractivity contribution < 1.29 is 23.9 Å². The first kappa shape index (κ1) is 25.7. The van der Waals surface area contributed by atoms with Gasteiger partial charge in [-0.15, -0.1) is 0 Å². The number of anilines is 1. The van der Waals surface area contributed by atoms with E-state index in [0.29, 0.717) is 30.3 Å². The smallest absolute Gasteiger partial charge is 0.278 e. The van der Waals surface area contributed by atoms with E-state index in [1.165, 1.54) is 6.07 Å². The van der Waals surface area contributed by atoms with Crippen LogP contribution in [0.2, 0.25) is 0 Å². The average molecular weight is 526 g/mol. The highest BCUT2D eigenvalue weighted by Gasteiger charge is 2.36. The molecule has 0 fully saturated rings. The Balaban J connectivity index is 1.61. The third kappa shape index (κ3) is 6.00. The van der Waals surface area contributed by atoms with Gasteiger partial charge in [0, 0.05) is 18.8 Å². The molecule has 0 radical (unpaired) electrons. The summed E-state index contributed by atoms with van der Waals surface area (Å²) < 4.78 is 16.2. The molecule has 0 spiro atoms. The summed E-state index contributed by atoms with van der Waals surface area (Å²) in [5.74, 6) is 0.856. The SMILES string of the molecule is COc1ccc(NC(=O)[C@H](c2cc3c(cc2[N+](=O)[O-])OCO3)N(Cc2ccccc2)Cc2ccccc2)cc1. The van der Waals surface area contributed by atoms with Gasteiger partial charge in [0.05, 0.1) is 23.7 Å². The number of benzene rings is 4. The maximum absolute atomic E-state index is 14.1. The summed E-state index contributed by atoms with van der Waals surface area (Å²) in [4.78, 5) is 27.8. The highest BCUT2D eigenvalue weighted by Crippen LogP contribution is 2.42. The molecule has 0 aliphatic carbocycles. The van der Waals surface area contributed by atoms with Crippen LogP contribution in [0.25, 0.3) is 0 Å². The molecule has 4 aromatic carbocycles. The fourth-order valence-electron chi connectivity index (χ4n) is 4.59. The Morgan fingerprint density at radius 1 is 0.923 bits per heavy atom. The van der Waals surface area contributed by atoms with Crippen molar-refractivity contribution in [3.63, 3.8) is 0 Å². The Morgan fingerprint density at radius 2 is 1.49 bits per heavy atom. The summed E-state index contributed by atoms with van der Waals surface area (Å²) in [7, 11) is 1.56. The zero-order valence-electron chi connectivity index (χ0n) is 21.3. The van der Waals surface area contributed by atoms with Crippen molar-refractivity contribution in [2.45, 2.75) is 19.1 Å². The predicted octanol–water partition coefficient (Wildman–Crippen LogP) is 5.71. The molecule has 4 aromatic rings. The Morgan fingerprint density at radius 3 is 2.03 bits per heavy atom. The molecule has 0 saturated carbocycles. The van der Waals surface area contributed by atoms with E-state index in [4.69, 9.17) is 14.2 Å². The van der Waals surface area contributed by atoms with Crippen LogP contribution in [-0.4, -0.2) is 29.6 Å². The molecule has 9 nitrogen and oxygen atoms in total. The Bertz CT molecular complexity index is 1400. The lowest BCUT2D eigenvalue weighted by Crippen LogP contribution is -2.37. The molecule has 1 atom stereocenters.